The summed E-state index contributed by atoms with van der Waals surface area (Å²) in [6, 6.07) is 5.43. The van der Waals surface area contributed by atoms with Gasteiger partial charge in [0, 0.05) is 0 Å². The molecule has 0 saturated heterocycles. The highest BCUT2D eigenvalue weighted by Crippen LogP contribution is 2.46. The molecule has 1 aromatic carbocycles. The first-order chi connectivity index (χ1) is 10.1. The number of alkyl halides is 3. The van der Waals surface area contributed by atoms with Gasteiger partial charge in [0.05, 0.1) is 0 Å². The Kier molecular flexibility index (Phi) is 4.57. The summed E-state index contributed by atoms with van der Waals surface area (Å²) in [6.07, 6.45) is -2.47. The van der Waals surface area contributed by atoms with Crippen LogP contribution in [0.1, 0.15) is 51.7 Å². The molecule has 0 saturated carbocycles. The number of ether oxygens (including phenoxy) is 1. The standard InChI is InChI=1S/C17H21F3O2/c1-11-5-4-10-16(2,3)14(11)15(21)12-6-8-13(9-7-12)22-17(18,19)20/h6-9,15,21H,4-5,10H2,1-3H3. The maximum absolute atomic E-state index is 12.2. The molecule has 22 heavy (non-hydrogen) atoms. The molecule has 0 spiro atoms. The summed E-state index contributed by atoms with van der Waals surface area (Å²) in [4.78, 5) is 0. The summed E-state index contributed by atoms with van der Waals surface area (Å²) in [5.41, 5.74) is 2.62. The Bertz CT molecular complexity index is 556. The summed E-state index contributed by atoms with van der Waals surface area (Å²) >= 11 is 0. The molecule has 1 unspecified atom stereocenters. The Hall–Kier alpha value is -1.49. The Morgan fingerprint density at radius 1 is 1.18 bits per heavy atom. The van der Waals surface area contributed by atoms with Crippen LogP contribution in [0.4, 0.5) is 13.2 Å². The average Bonchev–Trinajstić information content (AvgIpc) is 2.36. The van der Waals surface area contributed by atoms with E-state index in [-0.39, 0.29) is 11.2 Å². The third-order valence-corrected chi connectivity index (χ3v) is 4.25. The minimum Gasteiger partial charge on any atom is -0.406 e. The van der Waals surface area contributed by atoms with E-state index in [0.29, 0.717) is 5.56 Å². The van der Waals surface area contributed by atoms with Crippen LogP contribution in [0, 0.1) is 5.41 Å². The largest absolute Gasteiger partial charge is 0.573 e. The van der Waals surface area contributed by atoms with E-state index in [4.69, 9.17) is 0 Å². The van der Waals surface area contributed by atoms with Crippen molar-refractivity contribution in [2.75, 3.05) is 0 Å². The Labute approximate surface area is 128 Å². The molecule has 1 aromatic rings. The predicted octanol–water partition coefficient (Wildman–Crippen LogP) is 5.15. The van der Waals surface area contributed by atoms with Gasteiger partial charge in [-0.05, 0) is 54.9 Å². The number of benzene rings is 1. The van der Waals surface area contributed by atoms with Crippen molar-refractivity contribution in [1.82, 2.24) is 0 Å². The lowest BCUT2D eigenvalue weighted by Crippen LogP contribution is -2.25. The monoisotopic (exact) mass is 314 g/mol. The first-order valence-electron chi connectivity index (χ1n) is 7.34. The van der Waals surface area contributed by atoms with Crippen LogP contribution in [0.5, 0.6) is 5.75 Å². The van der Waals surface area contributed by atoms with Crippen LogP contribution in [0.2, 0.25) is 0 Å². The summed E-state index contributed by atoms with van der Waals surface area (Å²) in [5, 5.41) is 10.7. The summed E-state index contributed by atoms with van der Waals surface area (Å²) < 4.78 is 40.3. The minimum atomic E-state index is -4.70. The van der Waals surface area contributed by atoms with Crippen molar-refractivity contribution in [3.05, 3.63) is 41.0 Å². The number of aliphatic hydroxyl groups is 1. The van der Waals surface area contributed by atoms with Crippen molar-refractivity contribution < 1.29 is 23.0 Å². The molecule has 0 heterocycles. The molecule has 0 amide bonds. The molecular formula is C17H21F3O2. The van der Waals surface area contributed by atoms with Crippen molar-refractivity contribution in [1.29, 1.82) is 0 Å². The van der Waals surface area contributed by atoms with Crippen LogP contribution in [-0.4, -0.2) is 11.5 Å². The number of allylic oxidation sites excluding steroid dienone is 1. The molecule has 1 aliphatic carbocycles. The van der Waals surface area contributed by atoms with E-state index in [1.54, 1.807) is 0 Å². The van der Waals surface area contributed by atoms with Gasteiger partial charge in [0.1, 0.15) is 11.9 Å². The van der Waals surface area contributed by atoms with Crippen molar-refractivity contribution in [2.24, 2.45) is 5.41 Å². The van der Waals surface area contributed by atoms with Crippen molar-refractivity contribution in [3.8, 4) is 5.75 Å². The fourth-order valence-corrected chi connectivity index (χ4v) is 3.26. The number of rotatable bonds is 3. The lowest BCUT2D eigenvalue weighted by atomic mass is 9.69. The number of aliphatic hydroxyl groups excluding tert-OH is 1. The lowest BCUT2D eigenvalue weighted by molar-refractivity contribution is -0.274. The van der Waals surface area contributed by atoms with Gasteiger partial charge in [0.15, 0.2) is 0 Å². The van der Waals surface area contributed by atoms with Gasteiger partial charge in [-0.2, -0.15) is 0 Å². The first-order valence-corrected chi connectivity index (χ1v) is 7.34. The number of hydrogen-bond acceptors (Lipinski definition) is 2. The molecule has 0 aromatic heterocycles. The zero-order valence-electron chi connectivity index (χ0n) is 13.0. The molecule has 2 nitrogen and oxygen atoms in total. The van der Waals surface area contributed by atoms with Gasteiger partial charge in [0.2, 0.25) is 0 Å². The van der Waals surface area contributed by atoms with Crippen LogP contribution < -0.4 is 4.74 Å². The van der Waals surface area contributed by atoms with Crippen LogP contribution >= 0.6 is 0 Å². The molecular weight excluding hydrogens is 293 g/mol. The van der Waals surface area contributed by atoms with E-state index in [1.807, 2.05) is 6.92 Å². The topological polar surface area (TPSA) is 29.5 Å². The van der Waals surface area contributed by atoms with E-state index in [0.717, 1.165) is 24.8 Å². The second kappa shape index (κ2) is 5.95. The Morgan fingerprint density at radius 2 is 1.77 bits per heavy atom. The molecule has 0 aliphatic heterocycles. The Morgan fingerprint density at radius 3 is 2.27 bits per heavy atom. The van der Waals surface area contributed by atoms with E-state index in [1.165, 1.54) is 29.8 Å². The minimum absolute atomic E-state index is 0.108. The molecule has 0 fully saturated rings. The number of hydrogen-bond donors (Lipinski definition) is 1. The van der Waals surface area contributed by atoms with Gasteiger partial charge in [0.25, 0.3) is 0 Å². The van der Waals surface area contributed by atoms with Crippen LogP contribution in [0.15, 0.2) is 35.4 Å². The van der Waals surface area contributed by atoms with Gasteiger partial charge < -0.3 is 9.84 Å². The lowest BCUT2D eigenvalue weighted by Gasteiger charge is -2.37. The average molecular weight is 314 g/mol. The molecule has 0 radical (unpaired) electrons. The van der Waals surface area contributed by atoms with Crippen LogP contribution in [0.25, 0.3) is 0 Å². The molecule has 1 N–H and O–H groups in total. The highest BCUT2D eigenvalue weighted by atomic mass is 19.4. The number of halogens is 3. The summed E-state index contributed by atoms with van der Waals surface area (Å²) in [6.45, 7) is 6.20. The van der Waals surface area contributed by atoms with Gasteiger partial charge in [-0.3, -0.25) is 0 Å². The molecule has 122 valence electrons. The van der Waals surface area contributed by atoms with Crippen molar-refractivity contribution >= 4 is 0 Å². The van der Waals surface area contributed by atoms with Crippen LogP contribution in [0.3, 0.4) is 0 Å². The normalized spacial score (nSPS) is 20.0. The van der Waals surface area contributed by atoms with Crippen molar-refractivity contribution in [2.45, 2.75) is 52.5 Å². The summed E-state index contributed by atoms with van der Waals surface area (Å²) in [7, 11) is 0. The molecule has 0 bridgehead atoms. The quantitative estimate of drug-likeness (QED) is 0.782. The van der Waals surface area contributed by atoms with Gasteiger partial charge >= 0.3 is 6.36 Å². The highest BCUT2D eigenvalue weighted by molar-refractivity contribution is 5.36. The van der Waals surface area contributed by atoms with Crippen molar-refractivity contribution in [3.63, 3.8) is 0 Å². The van der Waals surface area contributed by atoms with Crippen LogP contribution in [-0.2, 0) is 0 Å². The maximum Gasteiger partial charge on any atom is 0.573 e. The van der Waals surface area contributed by atoms with Gasteiger partial charge in [-0.15, -0.1) is 13.2 Å². The van der Waals surface area contributed by atoms with Gasteiger partial charge in [-0.25, -0.2) is 0 Å². The van der Waals surface area contributed by atoms with E-state index in [2.05, 4.69) is 18.6 Å². The SMILES string of the molecule is CC1=C(C(O)c2ccc(OC(F)(F)F)cc2)C(C)(C)CCC1. The molecule has 1 aliphatic rings. The van der Waals surface area contributed by atoms with E-state index < -0.39 is 12.5 Å². The second-order valence-electron chi connectivity index (χ2n) is 6.45. The Balaban J connectivity index is 2.24. The predicted molar refractivity (Wildman–Crippen MR) is 78.4 cm³/mol. The zero-order chi connectivity index (χ0) is 16.5. The third-order valence-electron chi connectivity index (χ3n) is 4.25. The van der Waals surface area contributed by atoms with E-state index in [9.17, 15) is 18.3 Å². The van der Waals surface area contributed by atoms with Gasteiger partial charge in [-0.1, -0.05) is 31.6 Å². The zero-order valence-corrected chi connectivity index (χ0v) is 13.0. The fourth-order valence-electron chi connectivity index (χ4n) is 3.26. The molecule has 2 rings (SSSR count). The first kappa shape index (κ1) is 16.9. The second-order valence-corrected chi connectivity index (χ2v) is 6.45. The maximum atomic E-state index is 12.2. The smallest absolute Gasteiger partial charge is 0.406 e. The summed E-state index contributed by atoms with van der Waals surface area (Å²) in [5.74, 6) is -0.281. The molecule has 5 heteroatoms. The fraction of sp³-hybridized carbons (Fsp3) is 0.529. The third kappa shape index (κ3) is 3.83. The van der Waals surface area contributed by atoms with E-state index >= 15 is 0 Å². The highest BCUT2D eigenvalue weighted by Gasteiger charge is 2.34. The molecule has 1 atom stereocenters.